The molecule has 1 aromatic rings. The third kappa shape index (κ3) is 4.82. The van der Waals surface area contributed by atoms with E-state index in [1.165, 1.54) is 0 Å². The van der Waals surface area contributed by atoms with Crippen LogP contribution in [0.15, 0.2) is 27.1 Å². The fourth-order valence-electron chi connectivity index (χ4n) is 1.33. The van der Waals surface area contributed by atoms with Crippen LogP contribution < -0.4 is 16.4 Å². The highest BCUT2D eigenvalue weighted by atomic mass is 79.9. The molecule has 0 heterocycles. The van der Waals surface area contributed by atoms with E-state index in [0.717, 1.165) is 0 Å². The van der Waals surface area contributed by atoms with Gasteiger partial charge in [0.15, 0.2) is 0 Å². The monoisotopic (exact) mass is 407 g/mol. The van der Waals surface area contributed by atoms with Crippen LogP contribution in [0.2, 0.25) is 0 Å². The van der Waals surface area contributed by atoms with Crippen LogP contribution in [-0.2, 0) is 9.59 Å². The maximum absolute atomic E-state index is 11.7. The number of urea groups is 1. The van der Waals surface area contributed by atoms with Crippen LogP contribution in [-0.4, -0.2) is 29.1 Å². The molecule has 1 atom stereocenters. The maximum atomic E-state index is 11.7. The lowest BCUT2D eigenvalue weighted by Gasteiger charge is -2.15. The molecule has 0 aliphatic rings. The van der Waals surface area contributed by atoms with Crippen molar-refractivity contribution in [3.8, 4) is 0 Å². The lowest BCUT2D eigenvalue weighted by atomic mass is 10.2. The molecule has 0 saturated carbocycles. The second kappa shape index (κ2) is 7.25. The van der Waals surface area contributed by atoms with E-state index < -0.39 is 30.4 Å². The Bertz CT molecular complexity index is 530. The third-order valence-corrected chi connectivity index (χ3v) is 3.53. The van der Waals surface area contributed by atoms with Crippen LogP contribution >= 0.6 is 31.9 Å². The van der Waals surface area contributed by atoms with Crippen molar-refractivity contribution in [3.05, 3.63) is 27.1 Å². The summed E-state index contributed by atoms with van der Waals surface area (Å²) in [6, 6.07) is 3.03. The number of carbonyl (C=O) groups excluding carboxylic acids is 2. The number of nitrogens with two attached hydrogens (primary N) is 1. The lowest BCUT2D eigenvalue weighted by molar-refractivity contribution is -0.140. The molecule has 0 spiro atoms. The van der Waals surface area contributed by atoms with Crippen LogP contribution in [0.4, 0.5) is 10.5 Å². The molecule has 1 aromatic carbocycles. The molecule has 0 radical (unpaired) electrons. The molecule has 0 aromatic heterocycles. The van der Waals surface area contributed by atoms with Crippen molar-refractivity contribution >= 4 is 55.5 Å². The number of rotatable bonds is 5. The zero-order chi connectivity index (χ0) is 15.3. The number of para-hydroxylation sites is 1. The number of amides is 3. The molecule has 5 N–H and O–H groups in total. The number of benzene rings is 1. The van der Waals surface area contributed by atoms with Crippen molar-refractivity contribution in [1.82, 2.24) is 5.32 Å². The van der Waals surface area contributed by atoms with E-state index >= 15 is 0 Å². The topological polar surface area (TPSA) is 122 Å². The number of primary amides is 1. The SMILES string of the molecule is NC(=O)CC(NC(=O)Nc1c(Br)cccc1Br)C(=O)O. The van der Waals surface area contributed by atoms with Crippen molar-refractivity contribution in [3.63, 3.8) is 0 Å². The zero-order valence-corrected chi connectivity index (χ0v) is 13.2. The number of aliphatic carboxylic acids is 1. The van der Waals surface area contributed by atoms with Gasteiger partial charge in [-0.15, -0.1) is 0 Å². The molecule has 0 fully saturated rings. The summed E-state index contributed by atoms with van der Waals surface area (Å²) >= 11 is 6.50. The molecular weight excluding hydrogens is 398 g/mol. The summed E-state index contributed by atoms with van der Waals surface area (Å²) in [5.41, 5.74) is 5.36. The average Bonchev–Trinajstić information content (AvgIpc) is 2.32. The van der Waals surface area contributed by atoms with Gasteiger partial charge in [-0.3, -0.25) is 4.79 Å². The molecule has 0 aliphatic heterocycles. The predicted octanol–water partition coefficient (Wildman–Crippen LogP) is 1.66. The van der Waals surface area contributed by atoms with E-state index in [4.69, 9.17) is 10.8 Å². The normalized spacial score (nSPS) is 11.5. The highest BCUT2D eigenvalue weighted by Gasteiger charge is 2.22. The Morgan fingerprint density at radius 3 is 2.25 bits per heavy atom. The van der Waals surface area contributed by atoms with Crippen LogP contribution in [0, 0.1) is 0 Å². The van der Waals surface area contributed by atoms with Crippen LogP contribution in [0.1, 0.15) is 6.42 Å². The summed E-state index contributed by atoms with van der Waals surface area (Å²) in [5, 5.41) is 13.5. The van der Waals surface area contributed by atoms with Gasteiger partial charge in [0.2, 0.25) is 5.91 Å². The van der Waals surface area contributed by atoms with Gasteiger partial charge in [0.1, 0.15) is 6.04 Å². The smallest absolute Gasteiger partial charge is 0.326 e. The fourth-order valence-corrected chi connectivity index (χ4v) is 2.52. The quantitative estimate of drug-likeness (QED) is 0.591. The van der Waals surface area contributed by atoms with Gasteiger partial charge in [0.25, 0.3) is 0 Å². The van der Waals surface area contributed by atoms with Crippen LogP contribution in [0.5, 0.6) is 0 Å². The van der Waals surface area contributed by atoms with Gasteiger partial charge in [0, 0.05) is 8.95 Å². The second-order valence-corrected chi connectivity index (χ2v) is 5.47. The number of hydrogen-bond donors (Lipinski definition) is 4. The first-order valence-electron chi connectivity index (χ1n) is 5.34. The minimum Gasteiger partial charge on any atom is -0.480 e. The molecule has 7 nitrogen and oxygen atoms in total. The largest absolute Gasteiger partial charge is 0.480 e. The Morgan fingerprint density at radius 1 is 1.25 bits per heavy atom. The summed E-state index contributed by atoms with van der Waals surface area (Å²) in [7, 11) is 0. The number of anilines is 1. The van der Waals surface area contributed by atoms with E-state index in [-0.39, 0.29) is 0 Å². The maximum Gasteiger partial charge on any atom is 0.326 e. The summed E-state index contributed by atoms with van der Waals surface area (Å²) in [4.78, 5) is 33.4. The van der Waals surface area contributed by atoms with E-state index in [9.17, 15) is 14.4 Å². The van der Waals surface area contributed by atoms with Gasteiger partial charge >= 0.3 is 12.0 Å². The average molecular weight is 409 g/mol. The third-order valence-electron chi connectivity index (χ3n) is 2.21. The first-order valence-corrected chi connectivity index (χ1v) is 6.92. The number of carboxylic acids is 1. The summed E-state index contributed by atoms with van der Waals surface area (Å²) in [6.07, 6.45) is -0.486. The molecule has 0 aliphatic carbocycles. The van der Waals surface area contributed by atoms with Crippen LogP contribution in [0.3, 0.4) is 0 Å². The number of halogens is 2. The molecule has 108 valence electrons. The highest BCUT2D eigenvalue weighted by molar-refractivity contribution is 9.11. The minimum absolute atomic E-state index is 0.438. The van der Waals surface area contributed by atoms with Gasteiger partial charge in [-0.1, -0.05) is 6.07 Å². The van der Waals surface area contributed by atoms with Gasteiger partial charge in [-0.05, 0) is 44.0 Å². The zero-order valence-electron chi connectivity index (χ0n) is 10.0. The fraction of sp³-hybridized carbons (Fsp3) is 0.182. The molecule has 0 bridgehead atoms. The van der Waals surface area contributed by atoms with E-state index in [1.54, 1.807) is 18.2 Å². The molecule has 1 unspecified atom stereocenters. The van der Waals surface area contributed by atoms with Crippen molar-refractivity contribution in [2.24, 2.45) is 5.73 Å². The van der Waals surface area contributed by atoms with Gasteiger partial charge in [0.05, 0.1) is 12.1 Å². The summed E-state index contributed by atoms with van der Waals surface area (Å²) in [5.74, 6) is -2.16. The molecule has 3 amide bonds. The van der Waals surface area contributed by atoms with Crippen LogP contribution in [0.25, 0.3) is 0 Å². The number of carboxylic acid groups (broad SMARTS) is 1. The van der Waals surface area contributed by atoms with Crippen molar-refractivity contribution in [2.75, 3.05) is 5.32 Å². The summed E-state index contributed by atoms with van der Waals surface area (Å²) < 4.78 is 1.23. The van der Waals surface area contributed by atoms with Gasteiger partial charge in [-0.2, -0.15) is 0 Å². The molecule has 20 heavy (non-hydrogen) atoms. The number of hydrogen-bond acceptors (Lipinski definition) is 3. The van der Waals surface area contributed by atoms with Gasteiger partial charge in [-0.25, -0.2) is 9.59 Å². The van der Waals surface area contributed by atoms with Gasteiger partial charge < -0.3 is 21.5 Å². The number of nitrogens with one attached hydrogen (secondary N) is 2. The Balaban J connectivity index is 2.76. The Kier molecular flexibility index (Phi) is 5.96. The second-order valence-electron chi connectivity index (χ2n) is 3.76. The van der Waals surface area contributed by atoms with Crippen molar-refractivity contribution in [1.29, 1.82) is 0 Å². The first-order chi connectivity index (χ1) is 9.31. The first kappa shape index (κ1) is 16.4. The Labute approximate surface area is 131 Å². The molecule has 0 saturated heterocycles. The molecular formula is C11H11Br2N3O4. The number of carbonyl (C=O) groups is 3. The standard InChI is InChI=1S/C11H11Br2N3O4/c12-5-2-1-3-6(13)9(5)16-11(20)15-7(10(18)19)4-8(14)17/h1-3,7H,4H2,(H2,14,17)(H,18,19)(H2,15,16,20). The molecule has 1 rings (SSSR count). The summed E-state index contributed by atoms with van der Waals surface area (Å²) in [6.45, 7) is 0. The Hall–Kier alpha value is -1.61. The van der Waals surface area contributed by atoms with Crippen molar-refractivity contribution in [2.45, 2.75) is 12.5 Å². The van der Waals surface area contributed by atoms with Crippen molar-refractivity contribution < 1.29 is 19.5 Å². The van der Waals surface area contributed by atoms with E-state index in [1.807, 2.05) is 0 Å². The lowest BCUT2D eigenvalue weighted by Crippen LogP contribution is -2.45. The molecule has 9 heteroatoms. The predicted molar refractivity (Wildman–Crippen MR) is 79.2 cm³/mol. The highest BCUT2D eigenvalue weighted by Crippen LogP contribution is 2.30. The Morgan fingerprint density at radius 2 is 1.80 bits per heavy atom. The minimum atomic E-state index is -1.38. The van der Waals surface area contributed by atoms with E-state index in [2.05, 4.69) is 42.5 Å². The van der Waals surface area contributed by atoms with E-state index in [0.29, 0.717) is 14.6 Å².